The first kappa shape index (κ1) is 13.3. The molecule has 0 spiro atoms. The number of carbonyl (C=O) groups excluding carboxylic acids is 1. The summed E-state index contributed by atoms with van der Waals surface area (Å²) >= 11 is 1.57. The summed E-state index contributed by atoms with van der Waals surface area (Å²) in [7, 11) is 0. The summed E-state index contributed by atoms with van der Waals surface area (Å²) in [5, 5.41) is 2.27. The van der Waals surface area contributed by atoms with Crippen LogP contribution in [-0.2, 0) is 4.79 Å². The van der Waals surface area contributed by atoms with Gasteiger partial charge in [-0.15, -0.1) is 11.8 Å². The van der Waals surface area contributed by atoms with Crippen LogP contribution in [0.1, 0.15) is 11.5 Å². The van der Waals surface area contributed by atoms with Crippen LogP contribution in [0.25, 0.3) is 0 Å². The Bertz CT molecular complexity index is 453. The van der Waals surface area contributed by atoms with Gasteiger partial charge in [-0.2, -0.15) is 0 Å². The first-order chi connectivity index (χ1) is 8.53. The largest absolute Gasteiger partial charge is 0.349 e. The van der Waals surface area contributed by atoms with Crippen molar-refractivity contribution < 1.29 is 13.6 Å². The van der Waals surface area contributed by atoms with Gasteiger partial charge in [0.25, 0.3) is 5.92 Å². The van der Waals surface area contributed by atoms with Gasteiger partial charge < -0.3 is 11.1 Å². The van der Waals surface area contributed by atoms with Crippen LogP contribution in [0.5, 0.6) is 0 Å². The molecule has 98 valence electrons. The summed E-state index contributed by atoms with van der Waals surface area (Å²) in [5.74, 6) is -3.15. The number of nitrogens with one attached hydrogen (secondary N) is 1. The SMILES string of the molecule is NCC(F)(F)CNC(=O)C1CSc2ccccc21. The molecule has 2 rings (SSSR count). The summed E-state index contributed by atoms with van der Waals surface area (Å²) in [4.78, 5) is 12.9. The van der Waals surface area contributed by atoms with Crippen molar-refractivity contribution in [3.05, 3.63) is 29.8 Å². The van der Waals surface area contributed by atoms with Crippen molar-refractivity contribution in [2.45, 2.75) is 16.7 Å². The van der Waals surface area contributed by atoms with Crippen molar-refractivity contribution in [3.63, 3.8) is 0 Å². The minimum atomic E-state index is -3.04. The third-order valence-electron chi connectivity index (χ3n) is 2.84. The molecule has 1 amide bonds. The van der Waals surface area contributed by atoms with Gasteiger partial charge in [-0.3, -0.25) is 4.79 Å². The number of amides is 1. The summed E-state index contributed by atoms with van der Waals surface area (Å²) in [6.07, 6.45) is 0. The van der Waals surface area contributed by atoms with Crippen LogP contribution in [0.2, 0.25) is 0 Å². The highest BCUT2D eigenvalue weighted by molar-refractivity contribution is 7.99. The van der Waals surface area contributed by atoms with Crippen molar-refractivity contribution in [3.8, 4) is 0 Å². The van der Waals surface area contributed by atoms with E-state index in [9.17, 15) is 13.6 Å². The second-order valence-electron chi connectivity index (χ2n) is 4.18. The molecule has 0 saturated carbocycles. The van der Waals surface area contributed by atoms with Crippen LogP contribution in [0.3, 0.4) is 0 Å². The first-order valence-electron chi connectivity index (χ1n) is 5.61. The number of hydrogen-bond donors (Lipinski definition) is 2. The highest BCUT2D eigenvalue weighted by Gasteiger charge is 2.32. The molecule has 18 heavy (non-hydrogen) atoms. The summed E-state index contributed by atoms with van der Waals surface area (Å²) in [6.45, 7) is -1.46. The molecule has 1 aromatic carbocycles. The lowest BCUT2D eigenvalue weighted by atomic mass is 10.0. The minimum Gasteiger partial charge on any atom is -0.349 e. The fourth-order valence-corrected chi connectivity index (χ4v) is 3.02. The zero-order valence-corrected chi connectivity index (χ0v) is 10.5. The second kappa shape index (κ2) is 5.24. The number of carbonyl (C=O) groups is 1. The quantitative estimate of drug-likeness (QED) is 0.875. The molecule has 0 bridgehead atoms. The van der Waals surface area contributed by atoms with E-state index in [0.29, 0.717) is 5.75 Å². The van der Waals surface area contributed by atoms with E-state index < -0.39 is 19.0 Å². The van der Waals surface area contributed by atoms with E-state index in [1.165, 1.54) is 0 Å². The number of alkyl halides is 2. The maximum atomic E-state index is 13.0. The van der Waals surface area contributed by atoms with Crippen LogP contribution < -0.4 is 11.1 Å². The van der Waals surface area contributed by atoms with Crippen molar-refractivity contribution in [1.82, 2.24) is 5.32 Å². The van der Waals surface area contributed by atoms with Gasteiger partial charge in [0.15, 0.2) is 0 Å². The van der Waals surface area contributed by atoms with E-state index in [-0.39, 0.29) is 11.8 Å². The Morgan fingerprint density at radius 3 is 2.94 bits per heavy atom. The van der Waals surface area contributed by atoms with E-state index >= 15 is 0 Å². The van der Waals surface area contributed by atoms with Gasteiger partial charge in [0, 0.05) is 10.6 Å². The van der Waals surface area contributed by atoms with E-state index in [1.807, 2.05) is 24.3 Å². The summed E-state index contributed by atoms with van der Waals surface area (Å²) in [5.41, 5.74) is 5.83. The monoisotopic (exact) mass is 272 g/mol. The maximum Gasteiger partial charge on any atom is 0.277 e. The van der Waals surface area contributed by atoms with Crippen LogP contribution in [-0.4, -0.2) is 30.7 Å². The molecule has 3 nitrogen and oxygen atoms in total. The van der Waals surface area contributed by atoms with Crippen molar-refractivity contribution >= 4 is 17.7 Å². The molecule has 0 saturated heterocycles. The lowest BCUT2D eigenvalue weighted by Crippen LogP contribution is -2.43. The van der Waals surface area contributed by atoms with E-state index in [4.69, 9.17) is 5.73 Å². The summed E-state index contributed by atoms with van der Waals surface area (Å²) in [6, 6.07) is 7.54. The van der Waals surface area contributed by atoms with Gasteiger partial charge in [0.05, 0.1) is 19.0 Å². The van der Waals surface area contributed by atoms with Crippen LogP contribution in [0.15, 0.2) is 29.2 Å². The standard InChI is InChI=1S/C12H14F2N2OS/c13-12(14,6-15)7-16-11(17)9-5-18-10-4-2-1-3-8(9)10/h1-4,9H,5-7,15H2,(H,16,17). The Balaban J connectivity index is 2.00. The molecule has 1 atom stereocenters. The van der Waals surface area contributed by atoms with Gasteiger partial charge in [0.2, 0.25) is 5.91 Å². The Hall–Kier alpha value is -1.14. The number of thioether (sulfide) groups is 1. The molecular formula is C12H14F2N2OS. The molecule has 0 fully saturated rings. The van der Waals surface area contributed by atoms with Crippen molar-refractivity contribution in [2.75, 3.05) is 18.8 Å². The van der Waals surface area contributed by atoms with Gasteiger partial charge in [-0.25, -0.2) is 8.78 Å². The molecule has 0 aromatic heterocycles. The Morgan fingerprint density at radius 2 is 2.22 bits per heavy atom. The van der Waals surface area contributed by atoms with Gasteiger partial charge in [-0.1, -0.05) is 18.2 Å². The van der Waals surface area contributed by atoms with Gasteiger partial charge in [0.1, 0.15) is 0 Å². The van der Waals surface area contributed by atoms with Crippen LogP contribution >= 0.6 is 11.8 Å². The number of benzene rings is 1. The van der Waals surface area contributed by atoms with E-state index in [1.54, 1.807) is 11.8 Å². The lowest BCUT2D eigenvalue weighted by molar-refractivity contribution is -0.123. The minimum absolute atomic E-state index is 0.347. The number of hydrogen-bond acceptors (Lipinski definition) is 3. The number of halogens is 2. The Labute approximate surface area is 108 Å². The van der Waals surface area contributed by atoms with Gasteiger partial charge in [-0.05, 0) is 11.6 Å². The topological polar surface area (TPSA) is 55.1 Å². The average Bonchev–Trinajstić information content (AvgIpc) is 2.80. The fourth-order valence-electron chi connectivity index (χ4n) is 1.79. The molecule has 1 aliphatic rings. The predicted molar refractivity (Wildman–Crippen MR) is 66.9 cm³/mol. The molecule has 3 N–H and O–H groups in total. The molecule has 6 heteroatoms. The zero-order chi connectivity index (χ0) is 13.2. The number of fused-ring (bicyclic) bond motifs is 1. The second-order valence-corrected chi connectivity index (χ2v) is 5.24. The fraction of sp³-hybridized carbons (Fsp3) is 0.417. The Morgan fingerprint density at radius 1 is 1.50 bits per heavy atom. The highest BCUT2D eigenvalue weighted by Crippen LogP contribution is 2.39. The average molecular weight is 272 g/mol. The molecule has 1 aliphatic heterocycles. The van der Waals surface area contributed by atoms with Crippen molar-refractivity contribution in [2.24, 2.45) is 5.73 Å². The van der Waals surface area contributed by atoms with Crippen LogP contribution in [0, 0.1) is 0 Å². The maximum absolute atomic E-state index is 13.0. The third kappa shape index (κ3) is 2.81. The molecule has 1 heterocycles. The van der Waals surface area contributed by atoms with Gasteiger partial charge >= 0.3 is 0 Å². The molecular weight excluding hydrogens is 258 g/mol. The molecule has 1 unspecified atom stereocenters. The third-order valence-corrected chi connectivity index (χ3v) is 4.02. The first-order valence-corrected chi connectivity index (χ1v) is 6.59. The lowest BCUT2D eigenvalue weighted by Gasteiger charge is -2.17. The van der Waals surface area contributed by atoms with E-state index in [2.05, 4.69) is 5.32 Å². The molecule has 0 aliphatic carbocycles. The highest BCUT2D eigenvalue weighted by atomic mass is 32.2. The molecule has 1 aromatic rings. The van der Waals surface area contributed by atoms with Crippen LogP contribution in [0.4, 0.5) is 8.78 Å². The predicted octanol–water partition coefficient (Wildman–Crippen LogP) is 1.59. The normalized spacial score (nSPS) is 18.5. The number of nitrogens with two attached hydrogens (primary N) is 1. The van der Waals surface area contributed by atoms with E-state index in [0.717, 1.165) is 10.5 Å². The smallest absolute Gasteiger partial charge is 0.277 e. The number of rotatable bonds is 4. The zero-order valence-electron chi connectivity index (χ0n) is 9.66. The Kier molecular flexibility index (Phi) is 3.87. The van der Waals surface area contributed by atoms with Crippen molar-refractivity contribution in [1.29, 1.82) is 0 Å². The molecule has 0 radical (unpaired) electrons. The summed E-state index contributed by atoms with van der Waals surface area (Å²) < 4.78 is 25.9.